The minimum Gasteiger partial charge on any atom is -0.325 e. The molecule has 24 heavy (non-hydrogen) atoms. The summed E-state index contributed by atoms with van der Waals surface area (Å²) in [5.74, 6) is -0.420. The van der Waals surface area contributed by atoms with E-state index in [2.05, 4.69) is 10.3 Å². The van der Waals surface area contributed by atoms with Gasteiger partial charge in [0.1, 0.15) is 6.54 Å². The summed E-state index contributed by atoms with van der Waals surface area (Å²) in [6.45, 7) is 1.88. The molecule has 1 amide bonds. The molecule has 1 heterocycles. The Hall–Kier alpha value is -2.83. The van der Waals surface area contributed by atoms with E-state index < -0.39 is 17.6 Å². The summed E-state index contributed by atoms with van der Waals surface area (Å²) in [6, 6.07) is 10.2. The number of alkyl halides is 3. The molecule has 3 aromatic rings. The lowest BCUT2D eigenvalue weighted by atomic mass is 10.2. The maximum atomic E-state index is 12.7. The lowest BCUT2D eigenvalue weighted by molar-refractivity contribution is -0.137. The molecular weight excluding hydrogens is 319 g/mol. The van der Waals surface area contributed by atoms with Gasteiger partial charge in [0.05, 0.1) is 22.9 Å². The molecule has 0 unspecified atom stereocenters. The number of anilines is 1. The van der Waals surface area contributed by atoms with Crippen LogP contribution in [0.2, 0.25) is 0 Å². The highest BCUT2D eigenvalue weighted by Crippen LogP contribution is 2.30. The fraction of sp³-hybridized carbons (Fsp3) is 0.176. The highest BCUT2D eigenvalue weighted by molar-refractivity contribution is 5.92. The van der Waals surface area contributed by atoms with E-state index in [9.17, 15) is 18.0 Å². The summed E-state index contributed by atoms with van der Waals surface area (Å²) in [5.41, 5.74) is 1.87. The topological polar surface area (TPSA) is 46.9 Å². The van der Waals surface area contributed by atoms with Gasteiger partial charge in [0, 0.05) is 5.69 Å². The van der Waals surface area contributed by atoms with Gasteiger partial charge < -0.3 is 9.88 Å². The Morgan fingerprint density at radius 2 is 1.96 bits per heavy atom. The molecule has 0 bridgehead atoms. The van der Waals surface area contributed by atoms with Crippen molar-refractivity contribution in [3.8, 4) is 0 Å². The summed E-state index contributed by atoms with van der Waals surface area (Å²) in [5, 5.41) is 2.49. The maximum Gasteiger partial charge on any atom is 0.416 e. The molecule has 0 aliphatic heterocycles. The zero-order valence-electron chi connectivity index (χ0n) is 12.8. The number of nitrogens with one attached hydrogen (secondary N) is 1. The normalized spacial score (nSPS) is 11.7. The fourth-order valence-corrected chi connectivity index (χ4v) is 2.56. The first kappa shape index (κ1) is 16.0. The van der Waals surface area contributed by atoms with Crippen molar-refractivity contribution in [3.63, 3.8) is 0 Å². The van der Waals surface area contributed by atoms with Crippen LogP contribution in [-0.2, 0) is 17.5 Å². The predicted molar refractivity (Wildman–Crippen MR) is 84.5 cm³/mol. The standard InChI is InChI=1S/C17H14F3N3O/c1-11-4-2-7-14-16(11)23(10-21-14)9-15(24)22-13-6-3-5-12(8-13)17(18,19)20/h2-8,10H,9H2,1H3,(H,22,24). The smallest absolute Gasteiger partial charge is 0.325 e. The first-order valence-corrected chi connectivity index (χ1v) is 7.22. The van der Waals surface area contributed by atoms with Gasteiger partial charge in [0.2, 0.25) is 5.91 Å². The lowest BCUT2D eigenvalue weighted by Gasteiger charge is -2.11. The molecule has 124 valence electrons. The van der Waals surface area contributed by atoms with Gasteiger partial charge in [-0.1, -0.05) is 18.2 Å². The Morgan fingerprint density at radius 1 is 1.21 bits per heavy atom. The van der Waals surface area contributed by atoms with Crippen LogP contribution in [0.25, 0.3) is 11.0 Å². The number of hydrogen-bond acceptors (Lipinski definition) is 2. The summed E-state index contributed by atoms with van der Waals surface area (Å²) in [7, 11) is 0. The SMILES string of the molecule is Cc1cccc2ncn(CC(=O)Nc3cccc(C(F)(F)F)c3)c12. The lowest BCUT2D eigenvalue weighted by Crippen LogP contribution is -2.19. The molecule has 0 radical (unpaired) electrons. The van der Waals surface area contributed by atoms with E-state index in [0.29, 0.717) is 0 Å². The van der Waals surface area contributed by atoms with Crippen molar-refractivity contribution >= 4 is 22.6 Å². The highest BCUT2D eigenvalue weighted by atomic mass is 19.4. The number of carbonyl (C=O) groups is 1. The number of nitrogens with zero attached hydrogens (tertiary/aromatic N) is 2. The Balaban J connectivity index is 1.78. The van der Waals surface area contributed by atoms with Gasteiger partial charge in [-0.15, -0.1) is 0 Å². The molecule has 0 spiro atoms. The number of carbonyl (C=O) groups excluding carboxylic acids is 1. The van der Waals surface area contributed by atoms with Crippen molar-refractivity contribution in [3.05, 3.63) is 59.9 Å². The average Bonchev–Trinajstić information content (AvgIpc) is 2.91. The molecule has 0 aliphatic rings. The number of para-hydroxylation sites is 1. The molecule has 1 N–H and O–H groups in total. The Kier molecular flexibility index (Phi) is 4.01. The van der Waals surface area contributed by atoms with Gasteiger partial charge in [-0.3, -0.25) is 4.79 Å². The van der Waals surface area contributed by atoms with E-state index in [-0.39, 0.29) is 12.2 Å². The number of halogens is 3. The van der Waals surface area contributed by atoms with Crippen LogP contribution in [0.1, 0.15) is 11.1 Å². The van der Waals surface area contributed by atoms with Crippen molar-refractivity contribution in [1.29, 1.82) is 0 Å². The third-order valence-corrected chi connectivity index (χ3v) is 3.63. The third kappa shape index (κ3) is 3.24. The van der Waals surface area contributed by atoms with Crippen LogP contribution in [0.15, 0.2) is 48.8 Å². The van der Waals surface area contributed by atoms with Crippen molar-refractivity contribution in [2.45, 2.75) is 19.6 Å². The van der Waals surface area contributed by atoms with Crippen molar-refractivity contribution in [1.82, 2.24) is 9.55 Å². The number of aromatic nitrogens is 2. The summed E-state index contributed by atoms with van der Waals surface area (Å²) >= 11 is 0. The number of imidazole rings is 1. The average molecular weight is 333 g/mol. The predicted octanol–water partition coefficient (Wildman–Crippen LogP) is 4.00. The van der Waals surface area contributed by atoms with Crippen LogP contribution in [0, 0.1) is 6.92 Å². The molecule has 0 saturated heterocycles. The second-order valence-electron chi connectivity index (χ2n) is 5.44. The second kappa shape index (κ2) is 5.99. The molecule has 3 rings (SSSR count). The molecule has 0 aliphatic carbocycles. The van der Waals surface area contributed by atoms with Crippen LogP contribution >= 0.6 is 0 Å². The van der Waals surface area contributed by atoms with Crippen molar-refractivity contribution < 1.29 is 18.0 Å². The van der Waals surface area contributed by atoms with E-state index in [1.807, 2.05) is 25.1 Å². The van der Waals surface area contributed by atoms with Gasteiger partial charge >= 0.3 is 6.18 Å². The largest absolute Gasteiger partial charge is 0.416 e. The molecule has 0 atom stereocenters. The van der Waals surface area contributed by atoms with E-state index in [4.69, 9.17) is 0 Å². The molecule has 1 aromatic heterocycles. The first-order chi connectivity index (χ1) is 11.3. The van der Waals surface area contributed by atoms with Crippen LogP contribution < -0.4 is 5.32 Å². The van der Waals surface area contributed by atoms with Gasteiger partial charge in [0.15, 0.2) is 0 Å². The van der Waals surface area contributed by atoms with Crippen LogP contribution in [0.5, 0.6) is 0 Å². The number of aryl methyl sites for hydroxylation is 1. The zero-order valence-corrected chi connectivity index (χ0v) is 12.8. The molecular formula is C17H14F3N3O. The fourth-order valence-electron chi connectivity index (χ4n) is 2.56. The first-order valence-electron chi connectivity index (χ1n) is 7.22. The molecule has 4 nitrogen and oxygen atoms in total. The van der Waals surface area contributed by atoms with Gasteiger partial charge in [0.25, 0.3) is 0 Å². The molecule has 2 aromatic carbocycles. The second-order valence-corrected chi connectivity index (χ2v) is 5.44. The molecule has 0 fully saturated rings. The van der Waals surface area contributed by atoms with E-state index >= 15 is 0 Å². The third-order valence-electron chi connectivity index (χ3n) is 3.63. The zero-order chi connectivity index (χ0) is 17.3. The summed E-state index contributed by atoms with van der Waals surface area (Å²) in [4.78, 5) is 16.4. The van der Waals surface area contributed by atoms with Crippen LogP contribution in [-0.4, -0.2) is 15.5 Å². The van der Waals surface area contributed by atoms with Gasteiger partial charge in [-0.05, 0) is 36.8 Å². The number of benzene rings is 2. The summed E-state index contributed by atoms with van der Waals surface area (Å²) < 4.78 is 39.8. The van der Waals surface area contributed by atoms with Crippen LogP contribution in [0.3, 0.4) is 0 Å². The Bertz CT molecular complexity index is 899. The van der Waals surface area contributed by atoms with E-state index in [1.54, 1.807) is 10.9 Å². The van der Waals surface area contributed by atoms with E-state index in [1.165, 1.54) is 12.1 Å². The quantitative estimate of drug-likeness (QED) is 0.787. The number of amides is 1. The summed E-state index contributed by atoms with van der Waals surface area (Å²) in [6.07, 6.45) is -2.90. The van der Waals surface area contributed by atoms with Gasteiger partial charge in [-0.2, -0.15) is 13.2 Å². The minimum absolute atomic E-state index is 0.0302. The van der Waals surface area contributed by atoms with Crippen LogP contribution in [0.4, 0.5) is 18.9 Å². The number of fused-ring (bicyclic) bond motifs is 1. The maximum absolute atomic E-state index is 12.7. The number of hydrogen-bond donors (Lipinski definition) is 1. The molecule has 7 heteroatoms. The number of rotatable bonds is 3. The van der Waals surface area contributed by atoms with Gasteiger partial charge in [-0.25, -0.2) is 4.98 Å². The minimum atomic E-state index is -4.45. The Labute approximate surface area is 135 Å². The van der Waals surface area contributed by atoms with Crippen molar-refractivity contribution in [2.24, 2.45) is 0 Å². The molecule has 0 saturated carbocycles. The van der Waals surface area contributed by atoms with E-state index in [0.717, 1.165) is 28.7 Å². The Morgan fingerprint density at radius 3 is 2.71 bits per heavy atom. The monoisotopic (exact) mass is 333 g/mol. The van der Waals surface area contributed by atoms with Crippen molar-refractivity contribution in [2.75, 3.05) is 5.32 Å². The highest BCUT2D eigenvalue weighted by Gasteiger charge is 2.30.